The quantitative estimate of drug-likeness (QED) is 0.701. The number of rotatable bonds is 1. The van der Waals surface area contributed by atoms with Crippen molar-refractivity contribution in [3.8, 4) is 5.75 Å². The molecule has 162 valence electrons. The average Bonchev–Trinajstić information content (AvgIpc) is 3.21. The molecule has 4 rings (SSSR count). The SMILES string of the molecule is CC(C)(C)OC(=O)N1CCC2(CC1)CC(=O)c1cc(C(=O)N3CCCC3)ccc1O2. The van der Waals surface area contributed by atoms with Crippen LogP contribution in [0.3, 0.4) is 0 Å². The van der Waals surface area contributed by atoms with E-state index in [1.165, 1.54) is 0 Å². The van der Waals surface area contributed by atoms with E-state index in [2.05, 4.69) is 0 Å². The van der Waals surface area contributed by atoms with Crippen LogP contribution in [0.5, 0.6) is 5.75 Å². The molecule has 0 aromatic heterocycles. The van der Waals surface area contributed by atoms with Gasteiger partial charge in [-0.1, -0.05) is 0 Å². The Morgan fingerprint density at radius 1 is 1.03 bits per heavy atom. The molecular formula is C23H30N2O5. The van der Waals surface area contributed by atoms with Crippen molar-refractivity contribution in [1.29, 1.82) is 0 Å². The number of hydrogen-bond donors (Lipinski definition) is 0. The van der Waals surface area contributed by atoms with Gasteiger partial charge in [-0.15, -0.1) is 0 Å². The summed E-state index contributed by atoms with van der Waals surface area (Å²) >= 11 is 0. The summed E-state index contributed by atoms with van der Waals surface area (Å²) in [6.45, 7) is 8.07. The fourth-order valence-corrected chi connectivity index (χ4v) is 4.43. The lowest BCUT2D eigenvalue weighted by molar-refractivity contribution is -0.0226. The van der Waals surface area contributed by atoms with Crippen LogP contribution in [-0.2, 0) is 4.74 Å². The van der Waals surface area contributed by atoms with E-state index in [1.54, 1.807) is 23.1 Å². The standard InChI is InChI=1S/C23H30N2O5/c1-22(2,3)30-21(28)25-12-8-23(9-13-25)15-18(26)17-14-16(6-7-19(17)29-23)20(27)24-10-4-5-11-24/h6-7,14H,4-5,8-13,15H2,1-3H3. The number of benzene rings is 1. The third-order valence-corrected chi connectivity index (χ3v) is 6.06. The molecule has 1 aromatic carbocycles. The van der Waals surface area contributed by atoms with Crippen LogP contribution in [-0.4, -0.2) is 65.0 Å². The predicted octanol–water partition coefficient (Wildman–Crippen LogP) is 3.66. The number of amides is 2. The first-order valence-corrected chi connectivity index (χ1v) is 10.8. The molecule has 0 saturated carbocycles. The fraction of sp³-hybridized carbons (Fsp3) is 0.609. The van der Waals surface area contributed by atoms with E-state index in [9.17, 15) is 14.4 Å². The summed E-state index contributed by atoms with van der Waals surface area (Å²) in [6, 6.07) is 5.18. The van der Waals surface area contributed by atoms with Gasteiger partial charge in [0.15, 0.2) is 5.78 Å². The summed E-state index contributed by atoms with van der Waals surface area (Å²) < 4.78 is 11.7. The Balaban J connectivity index is 1.45. The third kappa shape index (κ3) is 4.16. The summed E-state index contributed by atoms with van der Waals surface area (Å²) in [6.07, 6.45) is 3.15. The summed E-state index contributed by atoms with van der Waals surface area (Å²) in [4.78, 5) is 41.4. The van der Waals surface area contributed by atoms with Crippen LogP contribution in [0.1, 0.15) is 73.6 Å². The van der Waals surface area contributed by atoms with E-state index in [1.807, 2.05) is 25.7 Å². The molecule has 3 aliphatic rings. The average molecular weight is 415 g/mol. The molecule has 0 aliphatic carbocycles. The highest BCUT2D eigenvalue weighted by Crippen LogP contribution is 2.40. The monoisotopic (exact) mass is 414 g/mol. The molecule has 0 radical (unpaired) electrons. The van der Waals surface area contributed by atoms with Crippen LogP contribution in [0.4, 0.5) is 4.79 Å². The second-order valence-corrected chi connectivity index (χ2v) is 9.56. The van der Waals surface area contributed by atoms with Crippen LogP contribution >= 0.6 is 0 Å². The van der Waals surface area contributed by atoms with Gasteiger partial charge in [-0.2, -0.15) is 0 Å². The second-order valence-electron chi connectivity index (χ2n) is 9.56. The minimum atomic E-state index is -0.594. The summed E-state index contributed by atoms with van der Waals surface area (Å²) in [7, 11) is 0. The normalized spacial score (nSPS) is 20.7. The third-order valence-electron chi connectivity index (χ3n) is 6.06. The minimum Gasteiger partial charge on any atom is -0.486 e. The number of nitrogens with zero attached hydrogens (tertiary/aromatic N) is 2. The molecule has 1 aromatic rings. The Morgan fingerprint density at radius 3 is 2.33 bits per heavy atom. The van der Waals surface area contributed by atoms with E-state index in [-0.39, 0.29) is 24.2 Å². The first-order valence-electron chi connectivity index (χ1n) is 10.8. The van der Waals surface area contributed by atoms with Gasteiger partial charge in [0.2, 0.25) is 0 Å². The molecule has 7 nitrogen and oxygen atoms in total. The number of likely N-dealkylation sites (tertiary alicyclic amines) is 2. The second kappa shape index (κ2) is 7.60. The molecule has 3 heterocycles. The number of carbonyl (C=O) groups excluding carboxylic acids is 3. The van der Waals surface area contributed by atoms with E-state index in [4.69, 9.17) is 9.47 Å². The summed E-state index contributed by atoms with van der Waals surface area (Å²) in [5, 5.41) is 0. The van der Waals surface area contributed by atoms with Crippen molar-refractivity contribution in [2.45, 2.75) is 64.1 Å². The maximum absolute atomic E-state index is 12.9. The molecule has 0 atom stereocenters. The van der Waals surface area contributed by atoms with Crippen LogP contribution in [0.15, 0.2) is 18.2 Å². The van der Waals surface area contributed by atoms with Crippen molar-refractivity contribution in [3.05, 3.63) is 29.3 Å². The molecule has 1 spiro atoms. The molecular weight excluding hydrogens is 384 g/mol. The molecule has 0 bridgehead atoms. The van der Waals surface area contributed by atoms with Crippen LogP contribution < -0.4 is 4.74 Å². The zero-order valence-corrected chi connectivity index (χ0v) is 18.0. The lowest BCUT2D eigenvalue weighted by Gasteiger charge is -2.44. The van der Waals surface area contributed by atoms with E-state index >= 15 is 0 Å². The number of ether oxygens (including phenoxy) is 2. The molecule has 7 heteroatoms. The maximum atomic E-state index is 12.9. The zero-order chi connectivity index (χ0) is 21.5. The van der Waals surface area contributed by atoms with Gasteiger partial charge < -0.3 is 19.3 Å². The highest BCUT2D eigenvalue weighted by Gasteiger charge is 2.44. The van der Waals surface area contributed by atoms with E-state index in [0.29, 0.717) is 42.8 Å². The highest BCUT2D eigenvalue weighted by molar-refractivity contribution is 6.03. The Labute approximate surface area is 177 Å². The van der Waals surface area contributed by atoms with Crippen molar-refractivity contribution < 1.29 is 23.9 Å². The number of fused-ring (bicyclic) bond motifs is 1. The summed E-state index contributed by atoms with van der Waals surface area (Å²) in [5.41, 5.74) is -0.0982. The Morgan fingerprint density at radius 2 is 1.70 bits per heavy atom. The topological polar surface area (TPSA) is 76.2 Å². The Bertz CT molecular complexity index is 859. The Hall–Kier alpha value is -2.57. The summed E-state index contributed by atoms with van der Waals surface area (Å²) in [5.74, 6) is 0.516. The molecule has 2 fully saturated rings. The van der Waals surface area contributed by atoms with Gasteiger partial charge in [0.25, 0.3) is 5.91 Å². The Kier molecular flexibility index (Phi) is 5.24. The van der Waals surface area contributed by atoms with Gasteiger partial charge >= 0.3 is 6.09 Å². The molecule has 2 saturated heterocycles. The number of piperidine rings is 1. The number of hydrogen-bond acceptors (Lipinski definition) is 5. The zero-order valence-electron chi connectivity index (χ0n) is 18.0. The molecule has 0 N–H and O–H groups in total. The van der Waals surface area contributed by atoms with E-state index in [0.717, 1.165) is 25.9 Å². The van der Waals surface area contributed by atoms with Gasteiger partial charge in [-0.25, -0.2) is 4.79 Å². The molecule has 0 unspecified atom stereocenters. The first-order chi connectivity index (χ1) is 14.2. The lowest BCUT2D eigenvalue weighted by Crippen LogP contribution is -2.53. The van der Waals surface area contributed by atoms with Gasteiger partial charge in [0.1, 0.15) is 17.0 Å². The molecule has 30 heavy (non-hydrogen) atoms. The number of Topliss-reactive ketones (excluding diaryl/α,β-unsaturated/α-hetero) is 1. The number of carbonyl (C=O) groups is 3. The van der Waals surface area contributed by atoms with Crippen LogP contribution in [0, 0.1) is 0 Å². The van der Waals surface area contributed by atoms with Crippen molar-refractivity contribution in [2.75, 3.05) is 26.2 Å². The van der Waals surface area contributed by atoms with Crippen molar-refractivity contribution in [2.24, 2.45) is 0 Å². The molecule has 2 amide bonds. The van der Waals surface area contributed by atoms with Crippen molar-refractivity contribution in [1.82, 2.24) is 9.80 Å². The maximum Gasteiger partial charge on any atom is 0.410 e. The highest BCUT2D eigenvalue weighted by atomic mass is 16.6. The predicted molar refractivity (Wildman–Crippen MR) is 111 cm³/mol. The van der Waals surface area contributed by atoms with Gasteiger partial charge in [0, 0.05) is 44.6 Å². The first kappa shape index (κ1) is 20.7. The van der Waals surface area contributed by atoms with Crippen LogP contribution in [0.25, 0.3) is 0 Å². The smallest absolute Gasteiger partial charge is 0.410 e. The van der Waals surface area contributed by atoms with Gasteiger partial charge in [0.05, 0.1) is 12.0 Å². The van der Waals surface area contributed by atoms with E-state index < -0.39 is 11.2 Å². The van der Waals surface area contributed by atoms with Gasteiger partial charge in [-0.05, 0) is 51.8 Å². The largest absolute Gasteiger partial charge is 0.486 e. The van der Waals surface area contributed by atoms with Gasteiger partial charge in [-0.3, -0.25) is 9.59 Å². The number of ketones is 1. The molecule has 3 aliphatic heterocycles. The van der Waals surface area contributed by atoms with Crippen LogP contribution in [0.2, 0.25) is 0 Å². The lowest BCUT2D eigenvalue weighted by atomic mass is 9.82. The minimum absolute atomic E-state index is 0.00181. The van der Waals surface area contributed by atoms with Crippen molar-refractivity contribution >= 4 is 17.8 Å². The van der Waals surface area contributed by atoms with Crippen molar-refractivity contribution in [3.63, 3.8) is 0 Å². The fourth-order valence-electron chi connectivity index (χ4n) is 4.43.